The maximum atomic E-state index is 5.81. The maximum absolute atomic E-state index is 5.81. The molecule has 0 spiro atoms. The van der Waals surface area contributed by atoms with Crippen LogP contribution in [0.15, 0.2) is 12.4 Å². The molecule has 3 fully saturated rings. The van der Waals surface area contributed by atoms with Crippen molar-refractivity contribution in [2.45, 2.75) is 31.9 Å². The molecular weight excluding hydrogens is 276 g/mol. The van der Waals surface area contributed by atoms with Crippen LogP contribution in [0.4, 0.5) is 0 Å². The Morgan fingerprint density at radius 1 is 1.18 bits per heavy atom. The summed E-state index contributed by atoms with van der Waals surface area (Å²) < 4.78 is 7.95. The first kappa shape index (κ1) is 14.7. The Morgan fingerprint density at radius 2 is 2.05 bits per heavy atom. The summed E-state index contributed by atoms with van der Waals surface area (Å²) in [6.07, 6.45) is 8.32. The number of piperidine rings is 1. The molecule has 0 bridgehead atoms. The van der Waals surface area contributed by atoms with E-state index < -0.39 is 0 Å². The number of rotatable bonds is 4. The highest BCUT2D eigenvalue weighted by atomic mass is 16.5. The first-order chi connectivity index (χ1) is 10.8. The van der Waals surface area contributed by atoms with Gasteiger partial charge in [0.25, 0.3) is 0 Å². The second-order valence-electron chi connectivity index (χ2n) is 7.35. The predicted octanol–water partition coefficient (Wildman–Crippen LogP) is 1.35. The van der Waals surface area contributed by atoms with Crippen molar-refractivity contribution in [1.82, 2.24) is 19.4 Å². The lowest BCUT2D eigenvalue weighted by molar-refractivity contribution is 0.0507. The third-order valence-electron chi connectivity index (χ3n) is 5.73. The summed E-state index contributed by atoms with van der Waals surface area (Å²) in [6.45, 7) is 8.15. The van der Waals surface area contributed by atoms with Crippen molar-refractivity contribution in [3.8, 4) is 0 Å². The molecule has 1 unspecified atom stereocenters. The lowest BCUT2D eigenvalue weighted by atomic mass is 9.88. The molecule has 3 atom stereocenters. The Morgan fingerprint density at radius 3 is 2.82 bits per heavy atom. The molecule has 1 aromatic rings. The van der Waals surface area contributed by atoms with Gasteiger partial charge in [-0.25, -0.2) is 4.98 Å². The summed E-state index contributed by atoms with van der Waals surface area (Å²) >= 11 is 0. The highest BCUT2D eigenvalue weighted by Crippen LogP contribution is 2.32. The summed E-state index contributed by atoms with van der Waals surface area (Å²) in [5.74, 6) is 2.92. The number of hydrogen-bond acceptors (Lipinski definition) is 4. The minimum Gasteiger partial charge on any atom is -0.377 e. The number of aromatic nitrogens is 2. The molecule has 0 radical (unpaired) electrons. The molecule has 0 aliphatic carbocycles. The lowest BCUT2D eigenvalue weighted by Crippen LogP contribution is -2.43. The quantitative estimate of drug-likeness (QED) is 0.841. The van der Waals surface area contributed by atoms with Crippen LogP contribution in [0.5, 0.6) is 0 Å². The number of imidazole rings is 1. The largest absolute Gasteiger partial charge is 0.377 e. The fraction of sp³-hybridized carbons (Fsp3) is 0.824. The van der Waals surface area contributed by atoms with E-state index in [0.717, 1.165) is 31.5 Å². The lowest BCUT2D eigenvalue weighted by Gasteiger charge is -2.35. The Balaban J connectivity index is 1.30. The van der Waals surface area contributed by atoms with Gasteiger partial charge in [0.2, 0.25) is 0 Å². The summed E-state index contributed by atoms with van der Waals surface area (Å²) in [5.41, 5.74) is 0. The maximum Gasteiger partial charge on any atom is 0.122 e. The summed E-state index contributed by atoms with van der Waals surface area (Å²) in [4.78, 5) is 9.73. The summed E-state index contributed by atoms with van der Waals surface area (Å²) in [6, 6.07) is 0. The zero-order valence-corrected chi connectivity index (χ0v) is 13.7. The number of fused-ring (bicyclic) bond motifs is 1. The molecule has 4 rings (SSSR count). The van der Waals surface area contributed by atoms with E-state index >= 15 is 0 Å². The molecule has 3 aliphatic heterocycles. The molecule has 0 aromatic carbocycles. The van der Waals surface area contributed by atoms with Crippen LogP contribution in [0.25, 0.3) is 0 Å². The zero-order valence-electron chi connectivity index (χ0n) is 13.7. The third kappa shape index (κ3) is 3.07. The van der Waals surface area contributed by atoms with Gasteiger partial charge >= 0.3 is 0 Å². The number of aryl methyl sites for hydroxylation is 1. The van der Waals surface area contributed by atoms with Gasteiger partial charge < -0.3 is 14.2 Å². The fourth-order valence-corrected chi connectivity index (χ4v) is 4.46. The van der Waals surface area contributed by atoms with Gasteiger partial charge in [0.05, 0.1) is 12.6 Å². The predicted molar refractivity (Wildman–Crippen MR) is 85.5 cm³/mol. The molecule has 0 N–H and O–H groups in total. The standard InChI is InChI=1S/C17H28N4O/c1-19-7-5-18-17(19)13-21-9-14-4-6-20(10-15(14)11-21)12-16-3-2-8-22-16/h5,7,14-16H,2-4,6,8-13H2,1H3/t14-,15+,16?/m1/s1. The Kier molecular flexibility index (Phi) is 4.20. The highest BCUT2D eigenvalue weighted by Gasteiger charge is 2.37. The zero-order chi connectivity index (χ0) is 14.9. The van der Waals surface area contributed by atoms with Crippen molar-refractivity contribution in [2.24, 2.45) is 18.9 Å². The average molecular weight is 304 g/mol. The van der Waals surface area contributed by atoms with Gasteiger partial charge in [0.15, 0.2) is 0 Å². The topological polar surface area (TPSA) is 33.5 Å². The molecule has 3 saturated heterocycles. The third-order valence-corrected chi connectivity index (χ3v) is 5.73. The number of hydrogen-bond donors (Lipinski definition) is 0. The first-order valence-electron chi connectivity index (χ1n) is 8.80. The van der Waals surface area contributed by atoms with E-state index in [4.69, 9.17) is 4.74 Å². The highest BCUT2D eigenvalue weighted by molar-refractivity contribution is 4.96. The SMILES string of the molecule is Cn1ccnc1CN1C[C@H]2CCN(CC3CCCO3)C[C@H]2C1. The molecule has 5 heteroatoms. The van der Waals surface area contributed by atoms with Crippen molar-refractivity contribution in [3.63, 3.8) is 0 Å². The molecule has 3 aliphatic rings. The number of ether oxygens (including phenoxy) is 1. The van der Waals surface area contributed by atoms with Crippen molar-refractivity contribution in [3.05, 3.63) is 18.2 Å². The van der Waals surface area contributed by atoms with Crippen molar-refractivity contribution >= 4 is 0 Å². The van der Waals surface area contributed by atoms with Crippen LogP contribution >= 0.6 is 0 Å². The molecule has 5 nitrogen and oxygen atoms in total. The van der Waals surface area contributed by atoms with Gasteiger partial charge in [-0.1, -0.05) is 0 Å². The van der Waals surface area contributed by atoms with E-state index in [2.05, 4.69) is 26.4 Å². The molecular formula is C17H28N4O. The Bertz CT molecular complexity index is 497. The second-order valence-corrected chi connectivity index (χ2v) is 7.35. The molecule has 122 valence electrons. The van der Waals surface area contributed by atoms with Gasteiger partial charge in [-0.15, -0.1) is 0 Å². The summed E-state index contributed by atoms with van der Waals surface area (Å²) in [7, 11) is 2.09. The van der Waals surface area contributed by atoms with Crippen LogP contribution in [0, 0.1) is 11.8 Å². The van der Waals surface area contributed by atoms with E-state index in [-0.39, 0.29) is 0 Å². The normalized spacial score (nSPS) is 33.4. The van der Waals surface area contributed by atoms with E-state index in [9.17, 15) is 0 Å². The van der Waals surface area contributed by atoms with Crippen LogP contribution in [0.1, 0.15) is 25.1 Å². The first-order valence-corrected chi connectivity index (χ1v) is 8.80. The van der Waals surface area contributed by atoms with Gasteiger partial charge in [0, 0.05) is 52.2 Å². The second kappa shape index (κ2) is 6.30. The monoisotopic (exact) mass is 304 g/mol. The number of likely N-dealkylation sites (tertiary alicyclic amines) is 2. The summed E-state index contributed by atoms with van der Waals surface area (Å²) in [5, 5.41) is 0. The Hall–Kier alpha value is -0.910. The van der Waals surface area contributed by atoms with E-state index in [1.807, 2.05) is 12.4 Å². The smallest absolute Gasteiger partial charge is 0.122 e. The number of nitrogens with zero attached hydrogens (tertiary/aromatic N) is 4. The average Bonchev–Trinajstić information content (AvgIpc) is 3.21. The van der Waals surface area contributed by atoms with Crippen LogP contribution in [-0.2, 0) is 18.3 Å². The Labute approximate surface area is 133 Å². The van der Waals surface area contributed by atoms with E-state index in [0.29, 0.717) is 6.10 Å². The van der Waals surface area contributed by atoms with Crippen LogP contribution < -0.4 is 0 Å². The minimum atomic E-state index is 0.502. The van der Waals surface area contributed by atoms with Gasteiger partial charge in [-0.3, -0.25) is 4.90 Å². The van der Waals surface area contributed by atoms with Crippen molar-refractivity contribution in [1.29, 1.82) is 0 Å². The van der Waals surface area contributed by atoms with Gasteiger partial charge in [0.1, 0.15) is 5.82 Å². The van der Waals surface area contributed by atoms with Crippen molar-refractivity contribution < 1.29 is 4.74 Å². The van der Waals surface area contributed by atoms with Crippen LogP contribution in [-0.4, -0.2) is 64.8 Å². The molecule has 0 amide bonds. The minimum absolute atomic E-state index is 0.502. The molecule has 22 heavy (non-hydrogen) atoms. The van der Waals surface area contributed by atoms with E-state index in [1.165, 1.54) is 51.3 Å². The van der Waals surface area contributed by atoms with Gasteiger partial charge in [-0.2, -0.15) is 0 Å². The van der Waals surface area contributed by atoms with Crippen LogP contribution in [0.2, 0.25) is 0 Å². The molecule has 0 saturated carbocycles. The van der Waals surface area contributed by atoms with Gasteiger partial charge in [-0.05, 0) is 37.6 Å². The van der Waals surface area contributed by atoms with Crippen LogP contribution in [0.3, 0.4) is 0 Å². The van der Waals surface area contributed by atoms with E-state index in [1.54, 1.807) is 0 Å². The fourth-order valence-electron chi connectivity index (χ4n) is 4.46. The molecule has 1 aromatic heterocycles. The van der Waals surface area contributed by atoms with Crippen molar-refractivity contribution in [2.75, 3.05) is 39.3 Å². The molecule has 4 heterocycles.